The molecule has 0 bridgehead atoms. The molecule has 17 heavy (non-hydrogen) atoms. The molecule has 0 unspecified atom stereocenters. The molecule has 0 aliphatic carbocycles. The van der Waals surface area contributed by atoms with Crippen molar-refractivity contribution in [1.29, 1.82) is 0 Å². The molecule has 0 spiro atoms. The lowest BCUT2D eigenvalue weighted by atomic mass is 10.00. The number of nitrogens with one attached hydrogen (secondary N) is 2. The van der Waals surface area contributed by atoms with Gasteiger partial charge in [0.2, 0.25) is 5.91 Å². The van der Waals surface area contributed by atoms with Crippen LogP contribution >= 0.6 is 0 Å². The number of benzene rings is 1. The van der Waals surface area contributed by atoms with Gasteiger partial charge in [0.15, 0.2) is 0 Å². The number of amides is 2. The molecular formula is C12H16N2O3. The smallest absolute Gasteiger partial charge is 0.409 e. The quantitative estimate of drug-likeness (QED) is 0.748. The number of hydrogen-bond donors (Lipinski definition) is 3. The van der Waals surface area contributed by atoms with Crippen molar-refractivity contribution >= 4 is 17.7 Å². The number of carbonyl (C=O) groups excluding carboxylic acids is 1. The minimum Gasteiger partial charge on any atom is -0.465 e. The topological polar surface area (TPSA) is 78.4 Å². The maximum absolute atomic E-state index is 11.6. The van der Waals surface area contributed by atoms with Crippen molar-refractivity contribution in [3.8, 4) is 0 Å². The highest BCUT2D eigenvalue weighted by Crippen LogP contribution is 2.18. The zero-order chi connectivity index (χ0) is 12.8. The second kappa shape index (κ2) is 5.89. The third kappa shape index (κ3) is 3.79. The number of anilines is 1. The van der Waals surface area contributed by atoms with E-state index < -0.39 is 6.09 Å². The van der Waals surface area contributed by atoms with Gasteiger partial charge in [-0.05, 0) is 31.5 Å². The average Bonchev–Trinajstić information content (AvgIpc) is 2.28. The Morgan fingerprint density at radius 3 is 2.35 bits per heavy atom. The molecule has 1 atom stereocenters. The van der Waals surface area contributed by atoms with Gasteiger partial charge < -0.3 is 10.4 Å². The van der Waals surface area contributed by atoms with Crippen molar-refractivity contribution in [2.45, 2.75) is 19.8 Å². The van der Waals surface area contributed by atoms with Gasteiger partial charge in [0.05, 0.1) is 5.92 Å². The molecule has 0 saturated heterocycles. The molecule has 0 aliphatic rings. The fourth-order valence-electron chi connectivity index (χ4n) is 1.46. The van der Waals surface area contributed by atoms with E-state index in [1.807, 2.05) is 13.8 Å². The van der Waals surface area contributed by atoms with Crippen molar-refractivity contribution in [2.75, 3.05) is 11.9 Å². The number of likely N-dealkylation sites (N-methyl/N-ethyl adjacent to an activating group) is 1. The van der Waals surface area contributed by atoms with Crippen LogP contribution in [0.4, 0.5) is 10.5 Å². The summed E-state index contributed by atoms with van der Waals surface area (Å²) < 4.78 is 0. The summed E-state index contributed by atoms with van der Waals surface area (Å²) in [5.41, 5.74) is 1.34. The molecule has 0 aliphatic heterocycles. The van der Waals surface area contributed by atoms with E-state index in [0.717, 1.165) is 5.56 Å². The minimum absolute atomic E-state index is 0.0357. The fraction of sp³-hybridized carbons (Fsp3) is 0.333. The number of carbonyl (C=O) groups is 2. The summed E-state index contributed by atoms with van der Waals surface area (Å²) in [7, 11) is 0. The number of rotatable bonds is 4. The van der Waals surface area contributed by atoms with Crippen molar-refractivity contribution in [3.63, 3.8) is 0 Å². The summed E-state index contributed by atoms with van der Waals surface area (Å²) in [6.07, 6.45) is -1.10. The highest BCUT2D eigenvalue weighted by Gasteiger charge is 2.13. The molecule has 3 N–H and O–H groups in total. The summed E-state index contributed by atoms with van der Waals surface area (Å²) in [5.74, 6) is -0.278. The van der Waals surface area contributed by atoms with Crippen LogP contribution in [0.2, 0.25) is 0 Å². The summed E-state index contributed by atoms with van der Waals surface area (Å²) in [6.45, 7) is 4.27. The Bertz CT molecular complexity index is 401. The van der Waals surface area contributed by atoms with Gasteiger partial charge in [0.25, 0.3) is 0 Å². The van der Waals surface area contributed by atoms with Gasteiger partial charge in [0, 0.05) is 12.2 Å². The van der Waals surface area contributed by atoms with Crippen molar-refractivity contribution in [1.82, 2.24) is 5.32 Å². The summed E-state index contributed by atoms with van der Waals surface area (Å²) in [4.78, 5) is 22.0. The van der Waals surface area contributed by atoms with E-state index in [2.05, 4.69) is 10.6 Å². The van der Waals surface area contributed by atoms with Gasteiger partial charge in [-0.2, -0.15) is 0 Å². The van der Waals surface area contributed by atoms with Crippen LogP contribution in [-0.2, 0) is 4.79 Å². The Kier molecular flexibility index (Phi) is 4.51. The van der Waals surface area contributed by atoms with E-state index in [4.69, 9.17) is 5.11 Å². The standard InChI is InChI=1S/C12H16N2O3/c1-3-13-11(15)8(2)9-4-6-10(7-5-9)14-12(16)17/h4-8,14H,3H2,1-2H3,(H,13,15)(H,16,17)/t8-/m1/s1. The molecule has 0 radical (unpaired) electrons. The van der Waals surface area contributed by atoms with Crippen LogP contribution in [0.25, 0.3) is 0 Å². The summed E-state index contributed by atoms with van der Waals surface area (Å²) >= 11 is 0. The van der Waals surface area contributed by atoms with Gasteiger partial charge in [-0.25, -0.2) is 4.79 Å². The number of hydrogen-bond acceptors (Lipinski definition) is 2. The van der Waals surface area contributed by atoms with Crippen LogP contribution in [-0.4, -0.2) is 23.7 Å². The van der Waals surface area contributed by atoms with E-state index >= 15 is 0 Å². The van der Waals surface area contributed by atoms with E-state index in [1.165, 1.54) is 0 Å². The van der Waals surface area contributed by atoms with Crippen LogP contribution in [0.1, 0.15) is 25.3 Å². The first-order chi connectivity index (χ1) is 8.04. The lowest BCUT2D eigenvalue weighted by Crippen LogP contribution is -2.27. The lowest BCUT2D eigenvalue weighted by molar-refractivity contribution is -0.122. The molecule has 2 amide bonds. The zero-order valence-corrected chi connectivity index (χ0v) is 9.86. The Morgan fingerprint density at radius 1 is 1.29 bits per heavy atom. The Balaban J connectivity index is 2.73. The van der Waals surface area contributed by atoms with Gasteiger partial charge in [0.1, 0.15) is 0 Å². The van der Waals surface area contributed by atoms with Gasteiger partial charge in [-0.15, -0.1) is 0 Å². The van der Waals surface area contributed by atoms with E-state index in [0.29, 0.717) is 12.2 Å². The average molecular weight is 236 g/mol. The first kappa shape index (κ1) is 13.0. The number of carboxylic acid groups (broad SMARTS) is 1. The monoisotopic (exact) mass is 236 g/mol. The highest BCUT2D eigenvalue weighted by atomic mass is 16.4. The van der Waals surface area contributed by atoms with Crippen LogP contribution in [0.15, 0.2) is 24.3 Å². The molecule has 1 aromatic rings. The van der Waals surface area contributed by atoms with Crippen LogP contribution < -0.4 is 10.6 Å². The summed E-state index contributed by atoms with van der Waals surface area (Å²) in [6, 6.07) is 6.76. The van der Waals surface area contributed by atoms with Gasteiger partial charge in [-0.3, -0.25) is 10.1 Å². The molecule has 0 fully saturated rings. The molecule has 1 aromatic carbocycles. The maximum atomic E-state index is 11.6. The Hall–Kier alpha value is -2.04. The van der Waals surface area contributed by atoms with Crippen LogP contribution in [0.3, 0.4) is 0 Å². The zero-order valence-electron chi connectivity index (χ0n) is 9.86. The highest BCUT2D eigenvalue weighted by molar-refractivity contribution is 5.84. The second-order valence-electron chi connectivity index (χ2n) is 3.67. The van der Waals surface area contributed by atoms with Gasteiger partial charge >= 0.3 is 6.09 Å². The van der Waals surface area contributed by atoms with Crippen LogP contribution in [0, 0.1) is 0 Å². The Morgan fingerprint density at radius 2 is 1.88 bits per heavy atom. The third-order valence-electron chi connectivity index (χ3n) is 2.41. The Labute approximate surface area is 99.8 Å². The van der Waals surface area contributed by atoms with Gasteiger partial charge in [-0.1, -0.05) is 12.1 Å². The minimum atomic E-state index is -1.10. The molecule has 0 heterocycles. The maximum Gasteiger partial charge on any atom is 0.409 e. The van der Waals surface area contributed by atoms with E-state index in [-0.39, 0.29) is 11.8 Å². The summed E-state index contributed by atoms with van der Waals surface area (Å²) in [5, 5.41) is 13.5. The van der Waals surface area contributed by atoms with Crippen molar-refractivity contribution in [2.24, 2.45) is 0 Å². The molecule has 5 nitrogen and oxygen atoms in total. The normalized spacial score (nSPS) is 11.6. The molecule has 5 heteroatoms. The second-order valence-corrected chi connectivity index (χ2v) is 3.67. The predicted molar refractivity (Wildman–Crippen MR) is 65.2 cm³/mol. The third-order valence-corrected chi connectivity index (χ3v) is 2.41. The molecule has 1 rings (SSSR count). The molecule has 0 saturated carbocycles. The predicted octanol–water partition coefficient (Wildman–Crippen LogP) is 2.02. The van der Waals surface area contributed by atoms with E-state index in [9.17, 15) is 9.59 Å². The molecular weight excluding hydrogens is 220 g/mol. The largest absolute Gasteiger partial charge is 0.465 e. The first-order valence-electron chi connectivity index (χ1n) is 5.42. The molecule has 92 valence electrons. The fourth-order valence-corrected chi connectivity index (χ4v) is 1.46. The first-order valence-corrected chi connectivity index (χ1v) is 5.42. The molecule has 0 aromatic heterocycles. The van der Waals surface area contributed by atoms with E-state index in [1.54, 1.807) is 24.3 Å². The van der Waals surface area contributed by atoms with Crippen LogP contribution in [0.5, 0.6) is 0 Å². The van der Waals surface area contributed by atoms with Crippen molar-refractivity contribution in [3.05, 3.63) is 29.8 Å². The SMILES string of the molecule is CCNC(=O)[C@H](C)c1ccc(NC(=O)O)cc1. The van der Waals surface area contributed by atoms with Crippen molar-refractivity contribution < 1.29 is 14.7 Å². The lowest BCUT2D eigenvalue weighted by Gasteiger charge is -2.12.